The molecule has 1 heterocycles. The summed E-state index contributed by atoms with van der Waals surface area (Å²) < 4.78 is 37.3. The van der Waals surface area contributed by atoms with Gasteiger partial charge in [-0.05, 0) is 24.3 Å². The first-order valence-corrected chi connectivity index (χ1v) is 7.38. The summed E-state index contributed by atoms with van der Waals surface area (Å²) in [7, 11) is 0. The first-order chi connectivity index (χ1) is 11.3. The molecule has 140 valence electrons. The summed E-state index contributed by atoms with van der Waals surface area (Å²) in [6.07, 6.45) is -4.98. The largest absolute Gasteiger partial charge is 0.416 e. The van der Waals surface area contributed by atoms with E-state index in [2.05, 4.69) is 16.0 Å². The number of carbonyl (C=O) groups is 2. The number of benzene rings is 1. The van der Waals surface area contributed by atoms with Gasteiger partial charge in [-0.1, -0.05) is 0 Å². The van der Waals surface area contributed by atoms with Gasteiger partial charge in [0.05, 0.1) is 18.2 Å². The average molecular weight is 382 g/mol. The first kappa shape index (κ1) is 21.2. The van der Waals surface area contributed by atoms with Crippen molar-refractivity contribution in [1.29, 1.82) is 0 Å². The van der Waals surface area contributed by atoms with Crippen molar-refractivity contribution in [3.05, 3.63) is 35.4 Å². The van der Waals surface area contributed by atoms with Crippen molar-refractivity contribution in [3.8, 4) is 0 Å². The summed E-state index contributed by atoms with van der Waals surface area (Å²) in [5.74, 6) is -1.16. The maximum atomic E-state index is 12.4. The quantitative estimate of drug-likeness (QED) is 0.599. The Morgan fingerprint density at radius 2 is 1.80 bits per heavy atom. The lowest BCUT2D eigenvalue weighted by molar-refractivity contribution is -0.137. The molecule has 1 aliphatic heterocycles. The van der Waals surface area contributed by atoms with Crippen LogP contribution in [0.5, 0.6) is 0 Å². The van der Waals surface area contributed by atoms with Gasteiger partial charge in [-0.25, -0.2) is 0 Å². The number of aliphatic hydroxyl groups excluding tert-OH is 1. The molecule has 0 radical (unpaired) electrons. The van der Waals surface area contributed by atoms with E-state index in [4.69, 9.17) is 0 Å². The highest BCUT2D eigenvalue weighted by Gasteiger charge is 2.30. The van der Waals surface area contributed by atoms with E-state index in [0.29, 0.717) is 13.1 Å². The van der Waals surface area contributed by atoms with Crippen molar-refractivity contribution in [2.45, 2.75) is 12.3 Å². The van der Waals surface area contributed by atoms with Gasteiger partial charge >= 0.3 is 6.18 Å². The van der Waals surface area contributed by atoms with Gasteiger partial charge in [-0.15, -0.1) is 12.4 Å². The van der Waals surface area contributed by atoms with Crippen LogP contribution in [0, 0.1) is 5.92 Å². The number of hydrogen-bond donors (Lipinski definition) is 4. The van der Waals surface area contributed by atoms with Crippen LogP contribution < -0.4 is 16.0 Å². The molecule has 2 amide bonds. The Balaban J connectivity index is 0.00000312. The van der Waals surface area contributed by atoms with E-state index in [1.54, 1.807) is 0 Å². The summed E-state index contributed by atoms with van der Waals surface area (Å²) in [6.45, 7) is 1.06. The molecule has 6 nitrogen and oxygen atoms in total. The van der Waals surface area contributed by atoms with Gasteiger partial charge in [0, 0.05) is 31.1 Å². The molecule has 0 bridgehead atoms. The van der Waals surface area contributed by atoms with Crippen LogP contribution in [0.1, 0.15) is 15.9 Å². The highest BCUT2D eigenvalue weighted by molar-refractivity contribution is 5.96. The minimum atomic E-state index is -4.46. The van der Waals surface area contributed by atoms with Gasteiger partial charge in [0.25, 0.3) is 5.91 Å². The molecule has 1 aromatic rings. The van der Waals surface area contributed by atoms with Crippen molar-refractivity contribution in [3.63, 3.8) is 0 Å². The van der Waals surface area contributed by atoms with Crippen molar-refractivity contribution in [2.75, 3.05) is 26.2 Å². The van der Waals surface area contributed by atoms with Gasteiger partial charge in [-0.2, -0.15) is 13.2 Å². The minimum Gasteiger partial charge on any atom is -0.391 e. The molecule has 1 saturated heterocycles. The summed E-state index contributed by atoms with van der Waals surface area (Å²) in [5.41, 5.74) is -0.813. The second kappa shape index (κ2) is 9.02. The zero-order valence-electron chi connectivity index (χ0n) is 13.1. The highest BCUT2D eigenvalue weighted by Crippen LogP contribution is 2.29. The third-order valence-corrected chi connectivity index (χ3v) is 3.75. The normalized spacial score (nSPS) is 19.8. The SMILES string of the molecule is Cl.O=C(CNC(=O)c1ccc(C(F)(F)F)cc1)NCC1CNCC1O. The van der Waals surface area contributed by atoms with Crippen molar-refractivity contribution < 1.29 is 27.9 Å². The lowest BCUT2D eigenvalue weighted by Gasteiger charge is -2.14. The number of hydrogen-bond acceptors (Lipinski definition) is 4. The molecule has 1 aliphatic rings. The Morgan fingerprint density at radius 3 is 2.32 bits per heavy atom. The zero-order chi connectivity index (χ0) is 17.7. The molecule has 1 aromatic carbocycles. The Bertz CT molecular complexity index is 596. The average Bonchev–Trinajstić information content (AvgIpc) is 2.95. The third-order valence-electron chi connectivity index (χ3n) is 3.75. The van der Waals surface area contributed by atoms with Gasteiger partial charge in [0.2, 0.25) is 5.91 Å². The van der Waals surface area contributed by atoms with Gasteiger partial charge in [0.1, 0.15) is 0 Å². The van der Waals surface area contributed by atoms with E-state index >= 15 is 0 Å². The topological polar surface area (TPSA) is 90.5 Å². The number of alkyl halides is 3. The fourth-order valence-electron chi connectivity index (χ4n) is 2.31. The van der Waals surface area contributed by atoms with Crippen LogP contribution in [-0.2, 0) is 11.0 Å². The molecule has 1 fully saturated rings. The molecule has 25 heavy (non-hydrogen) atoms. The predicted molar refractivity (Wildman–Crippen MR) is 86.4 cm³/mol. The number of nitrogens with one attached hydrogen (secondary N) is 3. The standard InChI is InChI=1S/C15H18F3N3O3.ClH/c16-15(17,18)11-3-1-9(2-4-11)14(24)21-8-13(23)20-6-10-5-19-7-12(10)22;/h1-4,10,12,19,22H,5-8H2,(H,20,23)(H,21,24);1H. The Labute approximate surface area is 148 Å². The van der Waals surface area contributed by atoms with E-state index in [9.17, 15) is 27.9 Å². The van der Waals surface area contributed by atoms with E-state index in [-0.39, 0.29) is 37.0 Å². The lowest BCUT2D eigenvalue weighted by atomic mass is 10.1. The van der Waals surface area contributed by atoms with Crippen LogP contribution in [0.25, 0.3) is 0 Å². The van der Waals surface area contributed by atoms with Crippen LogP contribution in [0.3, 0.4) is 0 Å². The molecule has 2 rings (SSSR count). The van der Waals surface area contributed by atoms with Crippen LogP contribution in [0.15, 0.2) is 24.3 Å². The highest BCUT2D eigenvalue weighted by atomic mass is 35.5. The predicted octanol–water partition coefficient (Wildman–Crippen LogP) is 0.553. The summed E-state index contributed by atoms with van der Waals surface area (Å²) in [5, 5.41) is 17.5. The molecular formula is C15H19ClF3N3O3. The summed E-state index contributed by atoms with van der Waals surface area (Å²) in [4.78, 5) is 23.5. The number of aliphatic hydroxyl groups is 1. The molecular weight excluding hydrogens is 363 g/mol. The van der Waals surface area contributed by atoms with Crippen molar-refractivity contribution in [1.82, 2.24) is 16.0 Å². The van der Waals surface area contributed by atoms with Gasteiger partial charge in [0.15, 0.2) is 0 Å². The summed E-state index contributed by atoms with van der Waals surface area (Å²) >= 11 is 0. The van der Waals surface area contributed by atoms with E-state index in [1.165, 1.54) is 0 Å². The molecule has 0 spiro atoms. The molecule has 0 aromatic heterocycles. The third kappa shape index (κ3) is 6.18. The number of β-amino-alcohol motifs (C(OH)–C–C–N with tert-alkyl or cyclic N) is 1. The van der Waals surface area contributed by atoms with Crippen molar-refractivity contribution >= 4 is 24.2 Å². The fraction of sp³-hybridized carbons (Fsp3) is 0.467. The molecule has 2 atom stereocenters. The van der Waals surface area contributed by atoms with Crippen molar-refractivity contribution in [2.24, 2.45) is 5.92 Å². The van der Waals surface area contributed by atoms with Gasteiger partial charge in [-0.3, -0.25) is 9.59 Å². The van der Waals surface area contributed by atoms with E-state index in [0.717, 1.165) is 24.3 Å². The Kier molecular flexibility index (Phi) is 7.65. The minimum absolute atomic E-state index is 0. The molecule has 4 N–H and O–H groups in total. The number of rotatable bonds is 5. The monoisotopic (exact) mass is 381 g/mol. The molecule has 2 unspecified atom stereocenters. The number of amides is 2. The molecule has 10 heteroatoms. The maximum absolute atomic E-state index is 12.4. The Morgan fingerprint density at radius 1 is 1.16 bits per heavy atom. The van der Waals surface area contributed by atoms with Crippen LogP contribution in [-0.4, -0.2) is 49.2 Å². The van der Waals surface area contributed by atoms with Crippen LogP contribution >= 0.6 is 12.4 Å². The number of carbonyl (C=O) groups excluding carboxylic acids is 2. The second-order valence-electron chi connectivity index (χ2n) is 5.55. The lowest BCUT2D eigenvalue weighted by Crippen LogP contribution is -2.40. The number of halogens is 4. The van der Waals surface area contributed by atoms with Crippen LogP contribution in [0.4, 0.5) is 13.2 Å². The maximum Gasteiger partial charge on any atom is 0.416 e. The fourth-order valence-corrected chi connectivity index (χ4v) is 2.31. The van der Waals surface area contributed by atoms with E-state index < -0.39 is 29.7 Å². The first-order valence-electron chi connectivity index (χ1n) is 7.38. The second-order valence-corrected chi connectivity index (χ2v) is 5.55. The van der Waals surface area contributed by atoms with E-state index in [1.807, 2.05) is 0 Å². The summed E-state index contributed by atoms with van der Waals surface area (Å²) in [6, 6.07) is 3.72. The Hall–Kier alpha value is -1.84. The molecule has 0 aliphatic carbocycles. The van der Waals surface area contributed by atoms with Crippen LogP contribution in [0.2, 0.25) is 0 Å². The smallest absolute Gasteiger partial charge is 0.391 e. The van der Waals surface area contributed by atoms with Gasteiger partial charge < -0.3 is 21.1 Å². The zero-order valence-corrected chi connectivity index (χ0v) is 13.9. The molecule has 0 saturated carbocycles.